The molecule has 1 amide bonds. The van der Waals surface area contributed by atoms with Crippen LogP contribution in [0.5, 0.6) is 11.5 Å². The maximum Gasteiger partial charge on any atom is 0.224 e. The highest BCUT2D eigenvalue weighted by Gasteiger charge is 2.09. The Bertz CT molecular complexity index is 705. The summed E-state index contributed by atoms with van der Waals surface area (Å²) in [6.07, 6.45) is 0.865. The lowest BCUT2D eigenvalue weighted by Gasteiger charge is -2.09. The molecule has 0 spiro atoms. The van der Waals surface area contributed by atoms with E-state index in [2.05, 4.69) is 5.32 Å². The maximum absolute atomic E-state index is 11.9. The molecule has 1 N–H and O–H groups in total. The normalized spacial score (nSPS) is 10.3. The lowest BCUT2D eigenvalue weighted by Crippen LogP contribution is -2.13. The highest BCUT2D eigenvalue weighted by atomic mass is 35.5. The van der Waals surface area contributed by atoms with Gasteiger partial charge in [-0.15, -0.1) is 0 Å². The third-order valence-electron chi connectivity index (χ3n) is 3.16. The highest BCUT2D eigenvalue weighted by Crippen LogP contribution is 2.32. The van der Waals surface area contributed by atoms with Gasteiger partial charge in [-0.3, -0.25) is 4.79 Å². The molecular formula is C17H16Cl3NO3. The Morgan fingerprint density at radius 1 is 1.00 bits per heavy atom. The molecule has 4 nitrogen and oxygen atoms in total. The van der Waals surface area contributed by atoms with E-state index in [4.69, 9.17) is 44.3 Å². The molecule has 0 aromatic heterocycles. The lowest BCUT2D eigenvalue weighted by molar-refractivity contribution is -0.116. The van der Waals surface area contributed by atoms with E-state index >= 15 is 0 Å². The van der Waals surface area contributed by atoms with Gasteiger partial charge in [-0.25, -0.2) is 0 Å². The molecule has 0 radical (unpaired) electrons. The molecule has 0 atom stereocenters. The first-order valence-corrected chi connectivity index (χ1v) is 8.34. The summed E-state index contributed by atoms with van der Waals surface area (Å²) in [6.45, 7) is 0.425. The van der Waals surface area contributed by atoms with Gasteiger partial charge in [-0.05, 0) is 42.8 Å². The Balaban J connectivity index is 1.76. The minimum absolute atomic E-state index is 0.173. The number of hydrogen-bond donors (Lipinski definition) is 1. The van der Waals surface area contributed by atoms with Crippen molar-refractivity contribution in [1.29, 1.82) is 0 Å². The van der Waals surface area contributed by atoms with Gasteiger partial charge in [0, 0.05) is 6.42 Å². The van der Waals surface area contributed by atoms with Crippen molar-refractivity contribution in [3.8, 4) is 11.5 Å². The van der Waals surface area contributed by atoms with Gasteiger partial charge < -0.3 is 14.8 Å². The molecule has 2 aromatic rings. The number of benzene rings is 2. The smallest absolute Gasteiger partial charge is 0.224 e. The summed E-state index contributed by atoms with van der Waals surface area (Å²) in [5, 5.41) is 3.72. The number of amides is 1. The number of carbonyl (C=O) groups excluding carboxylic acids is 1. The minimum atomic E-state index is -0.173. The zero-order valence-electron chi connectivity index (χ0n) is 12.9. The van der Waals surface area contributed by atoms with Gasteiger partial charge in [-0.2, -0.15) is 0 Å². The molecule has 0 bridgehead atoms. The Labute approximate surface area is 155 Å². The fourth-order valence-electron chi connectivity index (χ4n) is 1.93. The van der Waals surface area contributed by atoms with Gasteiger partial charge in [0.05, 0.1) is 34.5 Å². The van der Waals surface area contributed by atoms with Crippen LogP contribution in [0.1, 0.15) is 12.8 Å². The Hall–Kier alpha value is -1.62. The molecule has 0 saturated heterocycles. The van der Waals surface area contributed by atoms with Crippen molar-refractivity contribution in [3.05, 3.63) is 51.5 Å². The van der Waals surface area contributed by atoms with E-state index < -0.39 is 0 Å². The molecule has 0 aliphatic carbocycles. The molecule has 0 unspecified atom stereocenters. The zero-order valence-corrected chi connectivity index (χ0v) is 15.2. The fourth-order valence-corrected chi connectivity index (χ4v) is 2.52. The van der Waals surface area contributed by atoms with Gasteiger partial charge >= 0.3 is 0 Å². The van der Waals surface area contributed by atoms with Crippen LogP contribution in [-0.4, -0.2) is 19.6 Å². The van der Waals surface area contributed by atoms with Crippen molar-refractivity contribution in [2.24, 2.45) is 0 Å². The zero-order chi connectivity index (χ0) is 17.5. The molecular weight excluding hydrogens is 373 g/mol. The van der Waals surface area contributed by atoms with Crippen molar-refractivity contribution < 1.29 is 14.3 Å². The van der Waals surface area contributed by atoms with Crippen LogP contribution >= 0.6 is 34.8 Å². The monoisotopic (exact) mass is 387 g/mol. The van der Waals surface area contributed by atoms with Crippen LogP contribution in [0, 0.1) is 0 Å². The van der Waals surface area contributed by atoms with E-state index in [0.29, 0.717) is 40.2 Å². The predicted molar refractivity (Wildman–Crippen MR) is 97.8 cm³/mol. The summed E-state index contributed by atoms with van der Waals surface area (Å²) >= 11 is 17.8. The van der Waals surface area contributed by atoms with Crippen LogP contribution in [0.15, 0.2) is 36.4 Å². The summed E-state index contributed by atoms with van der Waals surface area (Å²) in [7, 11) is 1.61. The van der Waals surface area contributed by atoms with Crippen LogP contribution < -0.4 is 14.8 Å². The highest BCUT2D eigenvalue weighted by molar-refractivity contribution is 6.44. The number of anilines is 1. The fraction of sp³-hybridized carbons (Fsp3) is 0.235. The predicted octanol–water partition coefficient (Wildman–Crippen LogP) is 5.45. The van der Waals surface area contributed by atoms with Gasteiger partial charge in [0.1, 0.15) is 11.5 Å². The van der Waals surface area contributed by atoms with Crippen molar-refractivity contribution in [3.63, 3.8) is 0 Å². The molecule has 128 valence electrons. The van der Waals surface area contributed by atoms with E-state index in [1.165, 1.54) is 12.1 Å². The van der Waals surface area contributed by atoms with Crippen LogP contribution in [-0.2, 0) is 4.79 Å². The van der Waals surface area contributed by atoms with Crippen LogP contribution in [0.2, 0.25) is 15.1 Å². The maximum atomic E-state index is 11.9. The van der Waals surface area contributed by atoms with E-state index in [0.717, 1.165) is 11.5 Å². The van der Waals surface area contributed by atoms with E-state index in [1.54, 1.807) is 7.11 Å². The third kappa shape index (κ3) is 5.48. The van der Waals surface area contributed by atoms with Gasteiger partial charge in [0.2, 0.25) is 5.91 Å². The topological polar surface area (TPSA) is 47.6 Å². The average molecular weight is 389 g/mol. The van der Waals surface area contributed by atoms with E-state index in [-0.39, 0.29) is 5.91 Å². The second-order valence-electron chi connectivity index (χ2n) is 4.92. The van der Waals surface area contributed by atoms with Crippen molar-refractivity contribution in [1.82, 2.24) is 0 Å². The van der Waals surface area contributed by atoms with Crippen molar-refractivity contribution >= 4 is 46.4 Å². The summed E-state index contributed by atoms with van der Waals surface area (Å²) in [5.74, 6) is 1.32. The third-order valence-corrected chi connectivity index (χ3v) is 4.20. The number of rotatable bonds is 7. The van der Waals surface area contributed by atoms with E-state index in [9.17, 15) is 4.79 Å². The molecule has 0 heterocycles. The summed E-state index contributed by atoms with van der Waals surface area (Å²) in [5.41, 5.74) is 0.437. The number of carbonyl (C=O) groups is 1. The van der Waals surface area contributed by atoms with Gasteiger partial charge in [0.25, 0.3) is 0 Å². The Kier molecular flexibility index (Phi) is 7.03. The first kappa shape index (κ1) is 18.7. The second kappa shape index (κ2) is 9.02. The SMILES string of the molecule is COc1ccc(OCCCC(=O)Nc2cc(Cl)c(Cl)cc2Cl)cc1. The molecule has 7 heteroatoms. The number of ether oxygens (including phenoxy) is 2. The number of methoxy groups -OCH3 is 1. The van der Waals surface area contributed by atoms with Crippen LogP contribution in [0.3, 0.4) is 0 Å². The molecule has 24 heavy (non-hydrogen) atoms. The van der Waals surface area contributed by atoms with Gasteiger partial charge in [0.15, 0.2) is 0 Å². The first-order valence-electron chi connectivity index (χ1n) is 7.21. The summed E-state index contributed by atoms with van der Waals surface area (Å²) < 4.78 is 10.6. The first-order chi connectivity index (χ1) is 11.5. The largest absolute Gasteiger partial charge is 0.497 e. The van der Waals surface area contributed by atoms with Crippen LogP contribution in [0.4, 0.5) is 5.69 Å². The van der Waals surface area contributed by atoms with Crippen molar-refractivity contribution in [2.75, 3.05) is 19.0 Å². The molecule has 0 aliphatic rings. The minimum Gasteiger partial charge on any atom is -0.497 e. The number of halogens is 3. The van der Waals surface area contributed by atoms with Crippen molar-refractivity contribution in [2.45, 2.75) is 12.8 Å². The molecule has 0 fully saturated rings. The Morgan fingerprint density at radius 3 is 2.29 bits per heavy atom. The summed E-state index contributed by atoms with van der Waals surface area (Å²) in [6, 6.07) is 10.3. The van der Waals surface area contributed by atoms with Crippen LogP contribution in [0.25, 0.3) is 0 Å². The van der Waals surface area contributed by atoms with Gasteiger partial charge in [-0.1, -0.05) is 34.8 Å². The molecule has 2 rings (SSSR count). The molecule has 0 saturated carbocycles. The lowest BCUT2D eigenvalue weighted by atomic mass is 10.2. The van der Waals surface area contributed by atoms with E-state index in [1.807, 2.05) is 24.3 Å². The summed E-state index contributed by atoms with van der Waals surface area (Å²) in [4.78, 5) is 11.9. The Morgan fingerprint density at radius 2 is 1.62 bits per heavy atom. The second-order valence-corrected chi connectivity index (χ2v) is 6.14. The average Bonchev–Trinajstić information content (AvgIpc) is 2.57. The number of hydrogen-bond acceptors (Lipinski definition) is 3. The number of nitrogens with one attached hydrogen (secondary N) is 1. The molecule has 2 aromatic carbocycles. The molecule has 0 aliphatic heterocycles. The standard InChI is InChI=1S/C17H16Cl3NO3/c1-23-11-4-6-12(7-5-11)24-8-2-3-17(22)21-16-10-14(19)13(18)9-15(16)20/h4-7,9-10H,2-3,8H2,1H3,(H,21,22). The quantitative estimate of drug-likeness (QED) is 0.506.